The van der Waals surface area contributed by atoms with Gasteiger partial charge < -0.3 is 9.26 Å². The Morgan fingerprint density at radius 1 is 1.47 bits per heavy atom. The van der Waals surface area contributed by atoms with Gasteiger partial charge in [0, 0.05) is 0 Å². The van der Waals surface area contributed by atoms with Gasteiger partial charge in [-0.05, 0) is 6.92 Å². The van der Waals surface area contributed by atoms with Crippen LogP contribution >= 0.6 is 7.60 Å². The van der Waals surface area contributed by atoms with Crippen LogP contribution in [-0.2, 0) is 23.4 Å². The maximum absolute atomic E-state index is 12.1. The van der Waals surface area contributed by atoms with Gasteiger partial charge in [-0.15, -0.1) is 0 Å². The van der Waals surface area contributed by atoms with E-state index in [1.54, 1.807) is 6.92 Å². The molecular weight excluding hydrogens is 223 g/mol. The first-order valence-electron chi connectivity index (χ1n) is 4.61. The molecule has 1 unspecified atom stereocenters. The minimum Gasteiger partial charge on any atom is -0.393 e. The third-order valence-electron chi connectivity index (χ3n) is 2.09. The molecule has 7 heteroatoms. The van der Waals surface area contributed by atoms with E-state index in [0.29, 0.717) is 0 Å². The molecule has 0 aromatic carbocycles. The zero-order valence-electron chi connectivity index (χ0n) is 8.63. The molecule has 0 radical (unpaired) electrons. The van der Waals surface area contributed by atoms with E-state index in [9.17, 15) is 14.2 Å². The van der Waals surface area contributed by atoms with Gasteiger partial charge >= 0.3 is 19.5 Å². The first kappa shape index (κ1) is 12.4. The first-order chi connectivity index (χ1) is 7.01. The average Bonchev–Trinajstić information content (AvgIpc) is 2.16. The molecule has 1 fully saturated rings. The number of cyclic esters (lactones) is 2. The number of rotatable bonds is 4. The van der Waals surface area contributed by atoms with E-state index in [-0.39, 0.29) is 19.4 Å². The molecule has 0 aliphatic carbocycles. The largest absolute Gasteiger partial charge is 0.477 e. The summed E-state index contributed by atoms with van der Waals surface area (Å²) in [6, 6.07) is 0. The fourth-order valence-electron chi connectivity index (χ4n) is 1.41. The molecule has 1 aliphatic heterocycles. The van der Waals surface area contributed by atoms with Crippen LogP contribution in [0.1, 0.15) is 19.8 Å². The number of hydrogen-bond donors (Lipinski definition) is 0. The molecule has 0 saturated carbocycles. The molecule has 0 spiro atoms. The maximum Gasteiger partial charge on any atom is 0.477 e. The zero-order chi connectivity index (χ0) is 11.5. The Hall–Kier alpha value is -0.710. The van der Waals surface area contributed by atoms with Crippen molar-refractivity contribution in [2.24, 2.45) is 0 Å². The lowest BCUT2D eigenvalue weighted by molar-refractivity contribution is -0.163. The summed E-state index contributed by atoms with van der Waals surface area (Å²) in [6.45, 7) is 1.91. The summed E-state index contributed by atoms with van der Waals surface area (Å²) in [5, 5.41) is 0. The molecular formula is C8H14O6P+. The van der Waals surface area contributed by atoms with Crippen molar-refractivity contribution in [1.82, 2.24) is 0 Å². The van der Waals surface area contributed by atoms with Crippen LogP contribution in [0.3, 0.4) is 0 Å². The molecule has 0 amide bonds. The fourth-order valence-corrected chi connectivity index (χ4v) is 3.19. The van der Waals surface area contributed by atoms with Gasteiger partial charge in [-0.2, -0.15) is 0 Å². The van der Waals surface area contributed by atoms with Crippen LogP contribution in [0.25, 0.3) is 0 Å². The minimum absolute atomic E-state index is 0.0830. The van der Waals surface area contributed by atoms with Crippen molar-refractivity contribution in [3.05, 3.63) is 0 Å². The minimum atomic E-state index is -3.25. The number of esters is 2. The molecule has 1 saturated heterocycles. The number of carbonyl (C=O) groups is 2. The molecule has 0 bridgehead atoms. The van der Waals surface area contributed by atoms with Gasteiger partial charge in [0.05, 0.1) is 19.4 Å². The zero-order valence-corrected chi connectivity index (χ0v) is 9.53. The van der Waals surface area contributed by atoms with E-state index in [1.807, 2.05) is 0 Å². The van der Waals surface area contributed by atoms with Crippen LogP contribution < -0.4 is 0 Å². The molecule has 1 atom stereocenters. The molecule has 1 N–H and O–H groups in total. The topological polar surface area (TPSA) is 82.5 Å². The smallest absolute Gasteiger partial charge is 0.393 e. The van der Waals surface area contributed by atoms with Crippen molar-refractivity contribution in [2.75, 3.05) is 13.7 Å². The SMILES string of the molecule is CCOP(=O)([OH+]C)C1CC(=O)OC(=O)C1. The second-order valence-corrected chi connectivity index (χ2v) is 5.61. The Morgan fingerprint density at radius 3 is 2.40 bits per heavy atom. The predicted molar refractivity (Wildman–Crippen MR) is 51.5 cm³/mol. The highest BCUT2D eigenvalue weighted by molar-refractivity contribution is 7.54. The van der Waals surface area contributed by atoms with Crippen LogP contribution in [0.4, 0.5) is 0 Å². The molecule has 1 rings (SSSR count). The third-order valence-corrected chi connectivity index (χ3v) is 4.56. The van der Waals surface area contributed by atoms with Crippen LogP contribution in [0.15, 0.2) is 0 Å². The monoisotopic (exact) mass is 237 g/mol. The molecule has 0 aromatic rings. The molecule has 1 heterocycles. The highest BCUT2D eigenvalue weighted by atomic mass is 31.2. The van der Waals surface area contributed by atoms with Crippen molar-refractivity contribution in [1.29, 1.82) is 0 Å². The van der Waals surface area contributed by atoms with Gasteiger partial charge in [0.15, 0.2) is 0 Å². The molecule has 15 heavy (non-hydrogen) atoms. The van der Waals surface area contributed by atoms with Crippen molar-refractivity contribution < 1.29 is 27.9 Å². The van der Waals surface area contributed by atoms with Crippen LogP contribution in [0.5, 0.6) is 0 Å². The second kappa shape index (κ2) is 4.88. The summed E-state index contributed by atoms with van der Waals surface area (Å²) in [4.78, 5) is 22.0. The molecule has 0 aromatic heterocycles. The van der Waals surface area contributed by atoms with Gasteiger partial charge in [-0.25, -0.2) is 4.57 Å². The van der Waals surface area contributed by atoms with Crippen LogP contribution in [0.2, 0.25) is 0 Å². The second-order valence-electron chi connectivity index (χ2n) is 3.09. The Balaban J connectivity index is 2.80. The van der Waals surface area contributed by atoms with Crippen molar-refractivity contribution >= 4 is 19.5 Å². The number of hydrogen-bond acceptors (Lipinski definition) is 5. The van der Waals surface area contributed by atoms with E-state index in [4.69, 9.17) is 4.52 Å². The summed E-state index contributed by atoms with van der Waals surface area (Å²) in [5.74, 6) is -1.33. The van der Waals surface area contributed by atoms with Crippen molar-refractivity contribution in [2.45, 2.75) is 25.4 Å². The van der Waals surface area contributed by atoms with E-state index >= 15 is 0 Å². The van der Waals surface area contributed by atoms with E-state index in [0.717, 1.165) is 0 Å². The normalized spacial score (nSPS) is 22.3. The summed E-state index contributed by atoms with van der Waals surface area (Å²) in [7, 11) is -1.89. The van der Waals surface area contributed by atoms with E-state index in [1.165, 1.54) is 7.11 Å². The Morgan fingerprint density at radius 2 is 2.00 bits per heavy atom. The lowest BCUT2D eigenvalue weighted by atomic mass is 10.2. The standard InChI is InChI=1S/C8H13O6P/c1-3-13-15(11,12-2)6-4-7(9)14-8(10)5-6/h6H,3-5H2,1-2H3/p+1. The molecule has 1 aliphatic rings. The highest BCUT2D eigenvalue weighted by Gasteiger charge is 2.47. The summed E-state index contributed by atoms with van der Waals surface area (Å²) >= 11 is 0. The maximum atomic E-state index is 12.1. The summed E-state index contributed by atoms with van der Waals surface area (Å²) in [5.41, 5.74) is -0.670. The first-order valence-corrected chi connectivity index (χ1v) is 6.25. The lowest BCUT2D eigenvalue weighted by Crippen LogP contribution is -2.30. The Labute approximate surface area is 87.4 Å². The van der Waals surface area contributed by atoms with Gasteiger partial charge in [0.2, 0.25) is 0 Å². The average molecular weight is 237 g/mol. The Kier molecular flexibility index (Phi) is 4.02. The van der Waals surface area contributed by atoms with Gasteiger partial charge in [0.1, 0.15) is 12.8 Å². The lowest BCUT2D eigenvalue weighted by Gasteiger charge is -2.22. The number of carbonyl (C=O) groups excluding carboxylic acids is 2. The quantitative estimate of drug-likeness (QED) is 0.309. The van der Waals surface area contributed by atoms with Crippen molar-refractivity contribution in [3.8, 4) is 0 Å². The van der Waals surface area contributed by atoms with Crippen molar-refractivity contribution in [3.63, 3.8) is 0 Å². The van der Waals surface area contributed by atoms with Gasteiger partial charge in [-0.1, -0.05) is 0 Å². The predicted octanol–water partition coefficient (Wildman–Crippen LogP) is 0.606. The molecule has 6 nitrogen and oxygen atoms in total. The summed E-state index contributed by atoms with van der Waals surface area (Å²) in [6.07, 6.45) is -0.166. The fraction of sp³-hybridized carbons (Fsp3) is 0.750. The van der Waals surface area contributed by atoms with Gasteiger partial charge in [-0.3, -0.25) is 14.1 Å². The number of aliphatic hydroxyl groups is 1. The third kappa shape index (κ3) is 2.87. The molecule has 86 valence electrons. The summed E-state index contributed by atoms with van der Waals surface area (Å²) < 4.78 is 25.1. The Bertz CT molecular complexity index is 296. The van der Waals surface area contributed by atoms with Gasteiger partial charge in [0.25, 0.3) is 0 Å². The van der Waals surface area contributed by atoms with E-state index in [2.05, 4.69) is 9.26 Å². The van der Waals surface area contributed by atoms with Crippen LogP contribution in [0, 0.1) is 0 Å². The number of ether oxygens (including phenoxy) is 1. The van der Waals surface area contributed by atoms with E-state index < -0.39 is 25.2 Å². The highest BCUT2D eigenvalue weighted by Crippen LogP contribution is 2.53. The van der Waals surface area contributed by atoms with Crippen LogP contribution in [-0.4, -0.2) is 35.8 Å².